The van der Waals surface area contributed by atoms with Crippen molar-refractivity contribution in [2.75, 3.05) is 31.1 Å². The first-order valence-electron chi connectivity index (χ1n) is 8.90. The highest BCUT2D eigenvalue weighted by atomic mass is 32.2. The molecule has 2 unspecified atom stereocenters. The fraction of sp³-hybridized carbons (Fsp3) is 1.00. The Bertz CT molecular complexity index is 253. The molecule has 20 heavy (non-hydrogen) atoms. The van der Waals surface area contributed by atoms with Crippen molar-refractivity contribution < 1.29 is 0 Å². The van der Waals surface area contributed by atoms with Crippen LogP contribution in [-0.2, 0) is 0 Å². The molecule has 1 N–H and O–H groups in total. The SMILES string of the molecule is CCSCCCN1CC(C2CCCCC2)NCC1CC. The van der Waals surface area contributed by atoms with Crippen LogP contribution in [0.25, 0.3) is 0 Å². The van der Waals surface area contributed by atoms with Crippen LogP contribution in [0.2, 0.25) is 0 Å². The van der Waals surface area contributed by atoms with E-state index >= 15 is 0 Å². The van der Waals surface area contributed by atoms with Gasteiger partial charge < -0.3 is 5.32 Å². The van der Waals surface area contributed by atoms with Gasteiger partial charge in [-0.15, -0.1) is 0 Å². The summed E-state index contributed by atoms with van der Waals surface area (Å²) in [4.78, 5) is 2.80. The second-order valence-corrected chi connectivity index (χ2v) is 7.91. The van der Waals surface area contributed by atoms with Gasteiger partial charge in [0, 0.05) is 25.2 Å². The predicted molar refractivity (Wildman–Crippen MR) is 91.6 cm³/mol. The van der Waals surface area contributed by atoms with Gasteiger partial charge in [0.25, 0.3) is 0 Å². The molecule has 1 aliphatic carbocycles. The molecule has 0 spiro atoms. The van der Waals surface area contributed by atoms with Gasteiger partial charge in [-0.25, -0.2) is 0 Å². The first kappa shape index (κ1) is 16.6. The number of nitrogens with zero attached hydrogens (tertiary/aromatic N) is 1. The lowest BCUT2D eigenvalue weighted by Crippen LogP contribution is -2.58. The van der Waals surface area contributed by atoms with Crippen molar-refractivity contribution in [2.24, 2.45) is 5.92 Å². The molecule has 0 aromatic rings. The van der Waals surface area contributed by atoms with Crippen LogP contribution in [0.3, 0.4) is 0 Å². The second-order valence-electron chi connectivity index (χ2n) is 6.52. The number of nitrogens with one attached hydrogen (secondary N) is 1. The lowest BCUT2D eigenvalue weighted by molar-refractivity contribution is 0.0940. The highest BCUT2D eigenvalue weighted by Crippen LogP contribution is 2.28. The van der Waals surface area contributed by atoms with Crippen LogP contribution in [0.1, 0.15) is 58.8 Å². The van der Waals surface area contributed by atoms with Gasteiger partial charge in [0.05, 0.1) is 0 Å². The first-order valence-corrected chi connectivity index (χ1v) is 10.1. The number of rotatable bonds is 7. The van der Waals surface area contributed by atoms with Crippen LogP contribution in [-0.4, -0.2) is 48.1 Å². The Balaban J connectivity index is 1.79. The summed E-state index contributed by atoms with van der Waals surface area (Å²) in [5.74, 6) is 3.56. The van der Waals surface area contributed by atoms with E-state index in [1.54, 1.807) is 0 Å². The topological polar surface area (TPSA) is 15.3 Å². The van der Waals surface area contributed by atoms with E-state index in [1.165, 1.54) is 76.1 Å². The van der Waals surface area contributed by atoms with E-state index in [9.17, 15) is 0 Å². The van der Waals surface area contributed by atoms with Crippen LogP contribution in [0.4, 0.5) is 0 Å². The lowest BCUT2D eigenvalue weighted by atomic mass is 9.82. The van der Waals surface area contributed by atoms with E-state index in [0.717, 1.165) is 18.0 Å². The minimum absolute atomic E-state index is 0.775. The molecule has 3 heteroatoms. The molecule has 2 fully saturated rings. The predicted octanol–water partition coefficient (Wildman–Crippen LogP) is 3.76. The molecule has 0 aromatic heterocycles. The van der Waals surface area contributed by atoms with Gasteiger partial charge >= 0.3 is 0 Å². The number of piperazine rings is 1. The zero-order valence-electron chi connectivity index (χ0n) is 13.6. The fourth-order valence-corrected chi connectivity index (χ4v) is 4.55. The molecule has 1 aliphatic heterocycles. The Hall–Kier alpha value is 0.270. The Morgan fingerprint density at radius 3 is 2.65 bits per heavy atom. The van der Waals surface area contributed by atoms with E-state index in [1.807, 2.05) is 0 Å². The smallest absolute Gasteiger partial charge is 0.0224 e. The monoisotopic (exact) mass is 298 g/mol. The summed E-state index contributed by atoms with van der Waals surface area (Å²) in [5, 5.41) is 3.87. The van der Waals surface area contributed by atoms with Crippen molar-refractivity contribution in [1.82, 2.24) is 10.2 Å². The number of hydrogen-bond acceptors (Lipinski definition) is 3. The minimum Gasteiger partial charge on any atom is -0.311 e. The van der Waals surface area contributed by atoms with Gasteiger partial charge in [-0.1, -0.05) is 33.1 Å². The number of hydrogen-bond donors (Lipinski definition) is 1. The summed E-state index contributed by atoms with van der Waals surface area (Å²) in [5.41, 5.74) is 0. The van der Waals surface area contributed by atoms with Gasteiger partial charge in [0.1, 0.15) is 0 Å². The van der Waals surface area contributed by atoms with Gasteiger partial charge in [0.2, 0.25) is 0 Å². The summed E-state index contributed by atoms with van der Waals surface area (Å²) in [7, 11) is 0. The average molecular weight is 299 g/mol. The van der Waals surface area contributed by atoms with Crippen molar-refractivity contribution in [3.8, 4) is 0 Å². The quantitative estimate of drug-likeness (QED) is 0.720. The zero-order chi connectivity index (χ0) is 14.2. The van der Waals surface area contributed by atoms with E-state index in [-0.39, 0.29) is 0 Å². The van der Waals surface area contributed by atoms with Crippen molar-refractivity contribution in [3.63, 3.8) is 0 Å². The molecule has 118 valence electrons. The van der Waals surface area contributed by atoms with Crippen molar-refractivity contribution in [1.29, 1.82) is 0 Å². The van der Waals surface area contributed by atoms with Crippen LogP contribution < -0.4 is 5.32 Å². The molecule has 2 atom stereocenters. The van der Waals surface area contributed by atoms with Crippen LogP contribution in [0.15, 0.2) is 0 Å². The molecular formula is C17H34N2S. The van der Waals surface area contributed by atoms with E-state index < -0.39 is 0 Å². The third kappa shape index (κ3) is 4.92. The zero-order valence-corrected chi connectivity index (χ0v) is 14.4. The van der Waals surface area contributed by atoms with Gasteiger partial charge in [-0.05, 0) is 49.7 Å². The molecular weight excluding hydrogens is 264 g/mol. The van der Waals surface area contributed by atoms with E-state index in [0.29, 0.717) is 0 Å². The highest BCUT2D eigenvalue weighted by Gasteiger charge is 2.31. The molecule has 2 nitrogen and oxygen atoms in total. The Kier molecular flexibility index (Phi) is 7.75. The third-order valence-electron chi connectivity index (χ3n) is 5.19. The fourth-order valence-electron chi connectivity index (χ4n) is 3.93. The Morgan fingerprint density at radius 1 is 1.15 bits per heavy atom. The van der Waals surface area contributed by atoms with Crippen LogP contribution in [0.5, 0.6) is 0 Å². The summed E-state index contributed by atoms with van der Waals surface area (Å²) < 4.78 is 0. The maximum Gasteiger partial charge on any atom is 0.0224 e. The second kappa shape index (κ2) is 9.32. The third-order valence-corrected chi connectivity index (χ3v) is 6.18. The molecule has 1 saturated heterocycles. The van der Waals surface area contributed by atoms with Crippen molar-refractivity contribution in [3.05, 3.63) is 0 Å². The van der Waals surface area contributed by atoms with Gasteiger partial charge in [-0.3, -0.25) is 4.90 Å². The summed E-state index contributed by atoms with van der Waals surface area (Å²) in [6.07, 6.45) is 10.00. The van der Waals surface area contributed by atoms with Crippen LogP contribution in [0, 0.1) is 5.92 Å². The summed E-state index contributed by atoms with van der Waals surface area (Å²) in [6.45, 7) is 8.46. The molecule has 0 radical (unpaired) electrons. The van der Waals surface area contributed by atoms with E-state index in [4.69, 9.17) is 0 Å². The largest absolute Gasteiger partial charge is 0.311 e. The standard InChI is InChI=1S/C17H34N2S/c1-3-16-13-18-17(15-9-6-5-7-10-15)14-19(16)11-8-12-20-4-2/h15-18H,3-14H2,1-2H3. The van der Waals surface area contributed by atoms with Gasteiger partial charge in [-0.2, -0.15) is 11.8 Å². The molecule has 1 heterocycles. The molecule has 0 aromatic carbocycles. The highest BCUT2D eigenvalue weighted by molar-refractivity contribution is 7.99. The summed E-state index contributed by atoms with van der Waals surface area (Å²) in [6, 6.07) is 1.55. The molecule has 0 bridgehead atoms. The molecule has 0 amide bonds. The Morgan fingerprint density at radius 2 is 1.95 bits per heavy atom. The van der Waals surface area contributed by atoms with Crippen molar-refractivity contribution in [2.45, 2.75) is 70.9 Å². The summed E-state index contributed by atoms with van der Waals surface area (Å²) >= 11 is 2.09. The molecule has 1 saturated carbocycles. The molecule has 2 aliphatic rings. The average Bonchev–Trinajstić information content (AvgIpc) is 2.52. The normalized spacial score (nSPS) is 29.7. The molecule has 2 rings (SSSR count). The lowest BCUT2D eigenvalue weighted by Gasteiger charge is -2.44. The number of thioether (sulfide) groups is 1. The van der Waals surface area contributed by atoms with Crippen molar-refractivity contribution >= 4 is 11.8 Å². The van der Waals surface area contributed by atoms with Gasteiger partial charge in [0.15, 0.2) is 0 Å². The first-order chi connectivity index (χ1) is 9.85. The maximum absolute atomic E-state index is 3.87. The maximum atomic E-state index is 3.87. The Labute approximate surface area is 130 Å². The minimum atomic E-state index is 0.775. The van der Waals surface area contributed by atoms with Crippen LogP contribution >= 0.6 is 11.8 Å². The van der Waals surface area contributed by atoms with E-state index in [2.05, 4.69) is 35.8 Å².